The highest BCUT2D eigenvalue weighted by Crippen LogP contribution is 2.27. The Balaban J connectivity index is 1.93. The summed E-state index contributed by atoms with van der Waals surface area (Å²) in [7, 11) is 2.11. The molecule has 1 heterocycles. The van der Waals surface area contributed by atoms with Crippen molar-refractivity contribution in [3.05, 3.63) is 17.5 Å². The van der Waals surface area contributed by atoms with Crippen LogP contribution in [0.4, 0.5) is 0 Å². The van der Waals surface area contributed by atoms with E-state index >= 15 is 0 Å². The molecule has 0 spiro atoms. The van der Waals surface area contributed by atoms with Gasteiger partial charge < -0.3 is 5.32 Å². The first kappa shape index (κ1) is 15.6. The maximum absolute atomic E-state index is 4.57. The van der Waals surface area contributed by atoms with Crippen LogP contribution >= 0.6 is 0 Å². The van der Waals surface area contributed by atoms with Crippen LogP contribution < -0.4 is 5.32 Å². The van der Waals surface area contributed by atoms with Gasteiger partial charge in [-0.2, -0.15) is 5.10 Å². The summed E-state index contributed by atoms with van der Waals surface area (Å²) in [6.07, 6.45) is 11.1. The molecular formula is C17H31N3. The molecule has 3 heteroatoms. The molecule has 1 aromatic heterocycles. The second-order valence-electron chi connectivity index (χ2n) is 6.38. The maximum atomic E-state index is 4.57. The second-order valence-corrected chi connectivity index (χ2v) is 6.38. The highest BCUT2D eigenvalue weighted by molar-refractivity contribution is 5.10. The van der Waals surface area contributed by atoms with Crippen molar-refractivity contribution in [1.82, 2.24) is 15.1 Å². The average Bonchev–Trinajstić information content (AvgIpc) is 2.65. The molecule has 1 N–H and O–H groups in total. The van der Waals surface area contributed by atoms with Crippen LogP contribution in [0.3, 0.4) is 0 Å². The van der Waals surface area contributed by atoms with E-state index in [1.54, 1.807) is 0 Å². The number of aryl methyl sites for hydroxylation is 2. The molecule has 1 aliphatic carbocycles. The number of nitrogens with one attached hydrogen (secondary N) is 1. The zero-order valence-electron chi connectivity index (χ0n) is 13.5. The zero-order chi connectivity index (χ0) is 14.4. The van der Waals surface area contributed by atoms with Gasteiger partial charge >= 0.3 is 0 Å². The molecule has 0 saturated heterocycles. The summed E-state index contributed by atoms with van der Waals surface area (Å²) in [5.74, 6) is 0.925. The van der Waals surface area contributed by atoms with Crippen LogP contribution in [0.2, 0.25) is 0 Å². The summed E-state index contributed by atoms with van der Waals surface area (Å²) >= 11 is 0. The molecule has 2 rings (SSSR count). The molecular weight excluding hydrogens is 246 g/mol. The van der Waals surface area contributed by atoms with Crippen molar-refractivity contribution in [2.45, 2.75) is 77.8 Å². The molecule has 0 amide bonds. The van der Waals surface area contributed by atoms with E-state index in [2.05, 4.69) is 42.1 Å². The van der Waals surface area contributed by atoms with Crippen molar-refractivity contribution in [2.24, 2.45) is 5.92 Å². The number of likely N-dealkylation sites (N-methyl/N-ethyl adjacent to an activating group) is 1. The predicted octanol–water partition coefficient (Wildman–Crippen LogP) is 3.70. The fourth-order valence-corrected chi connectivity index (χ4v) is 3.59. The summed E-state index contributed by atoms with van der Waals surface area (Å²) < 4.78 is 2.16. The van der Waals surface area contributed by atoms with E-state index in [-0.39, 0.29) is 0 Å². The molecule has 20 heavy (non-hydrogen) atoms. The number of aromatic nitrogens is 2. The topological polar surface area (TPSA) is 29.9 Å². The Morgan fingerprint density at radius 3 is 2.60 bits per heavy atom. The van der Waals surface area contributed by atoms with Gasteiger partial charge in [0.05, 0.1) is 5.69 Å². The summed E-state index contributed by atoms with van der Waals surface area (Å²) in [5, 5.41) is 8.10. The van der Waals surface area contributed by atoms with Gasteiger partial charge in [-0.1, -0.05) is 38.5 Å². The molecule has 1 atom stereocenters. The van der Waals surface area contributed by atoms with Gasteiger partial charge in [-0.25, -0.2) is 0 Å². The van der Waals surface area contributed by atoms with Crippen molar-refractivity contribution in [3.8, 4) is 0 Å². The summed E-state index contributed by atoms with van der Waals surface area (Å²) in [6.45, 7) is 5.24. The van der Waals surface area contributed by atoms with Gasteiger partial charge in [0.2, 0.25) is 0 Å². The Morgan fingerprint density at radius 2 is 2.00 bits per heavy atom. The minimum absolute atomic E-state index is 0.597. The molecule has 1 unspecified atom stereocenters. The van der Waals surface area contributed by atoms with E-state index < -0.39 is 0 Å². The molecule has 1 aliphatic rings. The fraction of sp³-hybridized carbons (Fsp3) is 0.824. The highest BCUT2D eigenvalue weighted by Gasteiger charge is 2.19. The summed E-state index contributed by atoms with van der Waals surface area (Å²) in [6, 6.07) is 2.85. The molecule has 3 nitrogen and oxygen atoms in total. The van der Waals surface area contributed by atoms with Crippen LogP contribution in [0.15, 0.2) is 6.07 Å². The molecule has 0 aliphatic heterocycles. The molecule has 114 valence electrons. The normalized spacial score (nSPS) is 18.9. The first-order valence-electron chi connectivity index (χ1n) is 8.43. The van der Waals surface area contributed by atoms with Crippen molar-refractivity contribution in [3.63, 3.8) is 0 Å². The zero-order valence-corrected chi connectivity index (χ0v) is 13.5. The van der Waals surface area contributed by atoms with E-state index in [0.29, 0.717) is 6.04 Å². The third kappa shape index (κ3) is 4.34. The lowest BCUT2D eigenvalue weighted by Gasteiger charge is -2.22. The third-order valence-corrected chi connectivity index (χ3v) is 4.74. The van der Waals surface area contributed by atoms with Gasteiger partial charge in [-0.05, 0) is 39.3 Å². The fourth-order valence-electron chi connectivity index (χ4n) is 3.59. The van der Waals surface area contributed by atoms with Crippen molar-refractivity contribution in [1.29, 1.82) is 0 Å². The van der Waals surface area contributed by atoms with Crippen LogP contribution in [-0.2, 0) is 13.0 Å². The molecule has 1 fully saturated rings. The standard InChI is InChI=1S/C17H31N3/c1-4-20-17(11-14(2)19-20)13-16(18-3)12-15-9-7-5-6-8-10-15/h11,15-16,18H,4-10,12-13H2,1-3H3. The molecule has 0 radical (unpaired) electrons. The van der Waals surface area contributed by atoms with Crippen LogP contribution in [0.25, 0.3) is 0 Å². The Kier molecular flexibility index (Phi) is 6.08. The first-order valence-corrected chi connectivity index (χ1v) is 8.43. The lowest BCUT2D eigenvalue weighted by Crippen LogP contribution is -2.31. The van der Waals surface area contributed by atoms with Crippen molar-refractivity contribution >= 4 is 0 Å². The van der Waals surface area contributed by atoms with Gasteiger partial charge in [0, 0.05) is 24.7 Å². The molecule has 1 saturated carbocycles. The van der Waals surface area contributed by atoms with Crippen LogP contribution in [0, 0.1) is 12.8 Å². The lowest BCUT2D eigenvalue weighted by molar-refractivity contribution is 0.357. The van der Waals surface area contributed by atoms with Gasteiger partial charge in [-0.3, -0.25) is 4.68 Å². The Morgan fingerprint density at radius 1 is 1.30 bits per heavy atom. The smallest absolute Gasteiger partial charge is 0.0596 e. The van der Waals surface area contributed by atoms with Gasteiger partial charge in [0.15, 0.2) is 0 Å². The van der Waals surface area contributed by atoms with Crippen LogP contribution in [0.1, 0.15) is 63.3 Å². The van der Waals surface area contributed by atoms with E-state index in [1.165, 1.54) is 50.6 Å². The van der Waals surface area contributed by atoms with Crippen molar-refractivity contribution < 1.29 is 0 Å². The van der Waals surface area contributed by atoms with E-state index in [1.807, 2.05) is 0 Å². The largest absolute Gasteiger partial charge is 0.317 e. The Bertz CT molecular complexity index is 389. The second kappa shape index (κ2) is 7.82. The monoisotopic (exact) mass is 277 g/mol. The quantitative estimate of drug-likeness (QED) is 0.803. The van der Waals surface area contributed by atoms with Gasteiger partial charge in [0.25, 0.3) is 0 Å². The summed E-state index contributed by atoms with van der Waals surface area (Å²) in [5.41, 5.74) is 2.53. The average molecular weight is 277 g/mol. The first-order chi connectivity index (χ1) is 9.72. The molecule has 0 bridgehead atoms. The van der Waals surface area contributed by atoms with Crippen LogP contribution in [-0.4, -0.2) is 22.9 Å². The highest BCUT2D eigenvalue weighted by atomic mass is 15.3. The Labute approximate surface area is 124 Å². The summed E-state index contributed by atoms with van der Waals surface area (Å²) in [4.78, 5) is 0. The number of rotatable bonds is 6. The maximum Gasteiger partial charge on any atom is 0.0596 e. The minimum atomic E-state index is 0.597. The lowest BCUT2D eigenvalue weighted by atomic mass is 9.91. The van der Waals surface area contributed by atoms with E-state index in [4.69, 9.17) is 0 Å². The minimum Gasteiger partial charge on any atom is -0.317 e. The van der Waals surface area contributed by atoms with Gasteiger partial charge in [0.1, 0.15) is 0 Å². The number of hydrogen-bond donors (Lipinski definition) is 1. The third-order valence-electron chi connectivity index (χ3n) is 4.74. The van der Waals surface area contributed by atoms with Crippen molar-refractivity contribution in [2.75, 3.05) is 7.05 Å². The molecule has 0 aromatic carbocycles. The predicted molar refractivity (Wildman–Crippen MR) is 85.0 cm³/mol. The molecule has 1 aromatic rings. The Hall–Kier alpha value is -0.830. The van der Waals surface area contributed by atoms with E-state index in [0.717, 1.165) is 24.6 Å². The SMILES string of the molecule is CCn1nc(C)cc1CC(CC1CCCCCC1)NC. The number of hydrogen-bond acceptors (Lipinski definition) is 2. The number of nitrogens with zero attached hydrogens (tertiary/aromatic N) is 2. The van der Waals surface area contributed by atoms with Gasteiger partial charge in [-0.15, -0.1) is 0 Å². The van der Waals surface area contributed by atoms with Crippen LogP contribution in [0.5, 0.6) is 0 Å². The van der Waals surface area contributed by atoms with E-state index in [9.17, 15) is 0 Å².